The molecular weight excluding hydrogens is 773 g/mol. The van der Waals surface area contributed by atoms with E-state index in [-0.39, 0.29) is 0 Å². The summed E-state index contributed by atoms with van der Waals surface area (Å²) in [7, 11) is 0. The molecule has 0 saturated heterocycles. The zero-order chi connectivity index (χ0) is 41.4. The highest BCUT2D eigenvalue weighted by Gasteiger charge is 2.20. The highest BCUT2D eigenvalue weighted by molar-refractivity contribution is 6.13. The summed E-state index contributed by atoms with van der Waals surface area (Å²) in [5.41, 5.74) is 14.1. The average Bonchev–Trinajstić information content (AvgIpc) is 4.02. The van der Waals surface area contributed by atoms with Crippen LogP contribution < -0.4 is 0 Å². The summed E-state index contributed by atoms with van der Waals surface area (Å²) in [6, 6.07) is 69.8. The molecule has 8 aromatic carbocycles. The van der Waals surface area contributed by atoms with E-state index in [4.69, 9.17) is 19.4 Å². The van der Waals surface area contributed by atoms with Crippen LogP contribution in [0, 0.1) is 0 Å². The number of pyridine rings is 1. The van der Waals surface area contributed by atoms with Crippen LogP contribution in [0.1, 0.15) is 0 Å². The van der Waals surface area contributed by atoms with Crippen molar-refractivity contribution in [3.05, 3.63) is 206 Å². The van der Waals surface area contributed by atoms with E-state index < -0.39 is 0 Å². The number of furan rings is 1. The third-order valence-corrected chi connectivity index (χ3v) is 12.3. The van der Waals surface area contributed by atoms with E-state index in [0.29, 0.717) is 17.6 Å². The largest absolute Gasteiger partial charge is 0.454 e. The second-order valence-electron chi connectivity index (χ2n) is 15.9. The molecule has 0 amide bonds. The van der Waals surface area contributed by atoms with Crippen molar-refractivity contribution < 1.29 is 4.42 Å². The molecule has 0 aliphatic carbocycles. The highest BCUT2D eigenvalue weighted by Crippen LogP contribution is 2.40. The molecule has 0 radical (unpaired) electrons. The first kappa shape index (κ1) is 35.1. The van der Waals surface area contributed by atoms with Gasteiger partial charge in [-0.25, -0.2) is 4.98 Å². The Bertz CT molecular complexity index is 3850. The average molecular weight is 807 g/mol. The van der Waals surface area contributed by atoms with Crippen molar-refractivity contribution in [1.29, 1.82) is 0 Å². The molecule has 0 saturated carbocycles. The van der Waals surface area contributed by atoms with Crippen LogP contribution in [0.3, 0.4) is 0 Å². The van der Waals surface area contributed by atoms with Gasteiger partial charge in [0.1, 0.15) is 11.1 Å². The van der Waals surface area contributed by atoms with E-state index in [0.717, 1.165) is 94.0 Å². The minimum absolute atomic E-state index is 0.571. The quantitative estimate of drug-likeness (QED) is 0.167. The Hall–Kier alpha value is -8.68. The lowest BCUT2D eigenvalue weighted by Crippen LogP contribution is -2.06. The first-order valence-electron chi connectivity index (χ1n) is 21.0. The van der Waals surface area contributed by atoms with Gasteiger partial charge in [0.15, 0.2) is 17.2 Å². The van der Waals surface area contributed by atoms with Crippen molar-refractivity contribution in [2.75, 3.05) is 0 Å². The molecule has 0 aliphatic rings. The summed E-state index contributed by atoms with van der Waals surface area (Å²) in [6.45, 7) is 0. The van der Waals surface area contributed by atoms with Crippen molar-refractivity contribution in [2.45, 2.75) is 0 Å². The number of fused-ring (bicyclic) bond motifs is 9. The van der Waals surface area contributed by atoms with Gasteiger partial charge >= 0.3 is 0 Å². The molecule has 0 unspecified atom stereocenters. The van der Waals surface area contributed by atoms with Gasteiger partial charge in [-0.05, 0) is 77.4 Å². The van der Waals surface area contributed by atoms with Crippen LogP contribution in [0.15, 0.2) is 211 Å². The lowest BCUT2D eigenvalue weighted by atomic mass is 10.0. The third kappa shape index (κ3) is 5.60. The topological polar surface area (TPSA) is 74.6 Å². The van der Waals surface area contributed by atoms with Gasteiger partial charge in [-0.2, -0.15) is 9.97 Å². The Morgan fingerprint density at radius 2 is 0.921 bits per heavy atom. The molecule has 0 N–H and O–H groups in total. The molecule has 0 spiro atoms. The second kappa shape index (κ2) is 13.9. The molecule has 7 nitrogen and oxygen atoms in total. The molecule has 294 valence electrons. The minimum Gasteiger partial charge on any atom is -0.454 e. The zero-order valence-electron chi connectivity index (χ0n) is 33.7. The molecular formula is C56H34N6O. The SMILES string of the molecule is c1ccc(-c2nc(-c3ccccc3)nc(-n3c4ccccc4c4ccc(-c5ccc6c(c5)c5ccccc5n6-c5ccc(-c6ccnc7c6oc6ccccc67)cc5)cc43)n2)cc1. The molecule has 0 atom stereocenters. The minimum atomic E-state index is 0.571. The maximum atomic E-state index is 6.34. The Morgan fingerprint density at radius 1 is 0.365 bits per heavy atom. The highest BCUT2D eigenvalue weighted by atomic mass is 16.3. The Balaban J connectivity index is 0.946. The maximum absolute atomic E-state index is 6.34. The molecule has 63 heavy (non-hydrogen) atoms. The van der Waals surface area contributed by atoms with Crippen LogP contribution in [0.25, 0.3) is 122 Å². The van der Waals surface area contributed by atoms with E-state index in [1.165, 1.54) is 10.8 Å². The van der Waals surface area contributed by atoms with Crippen LogP contribution in [-0.2, 0) is 0 Å². The van der Waals surface area contributed by atoms with E-state index in [1.54, 1.807) is 0 Å². The van der Waals surface area contributed by atoms with Crippen LogP contribution in [0.5, 0.6) is 0 Å². The number of para-hydroxylation sites is 3. The van der Waals surface area contributed by atoms with E-state index in [9.17, 15) is 0 Å². The summed E-state index contributed by atoms with van der Waals surface area (Å²) < 4.78 is 10.9. The number of aromatic nitrogens is 6. The van der Waals surface area contributed by atoms with E-state index >= 15 is 0 Å². The van der Waals surface area contributed by atoms with Gasteiger partial charge in [0.2, 0.25) is 5.95 Å². The molecule has 0 bridgehead atoms. The smallest absolute Gasteiger partial charge is 0.238 e. The molecule has 5 heterocycles. The number of hydrogen-bond donors (Lipinski definition) is 0. The number of hydrogen-bond acceptors (Lipinski definition) is 5. The normalized spacial score (nSPS) is 11.8. The Kier molecular flexibility index (Phi) is 7.77. The lowest BCUT2D eigenvalue weighted by Gasteiger charge is -2.12. The van der Waals surface area contributed by atoms with Gasteiger partial charge in [-0.3, -0.25) is 9.55 Å². The van der Waals surface area contributed by atoms with Gasteiger partial charge in [-0.1, -0.05) is 140 Å². The van der Waals surface area contributed by atoms with E-state index in [1.807, 2.05) is 91.1 Å². The fourth-order valence-electron chi connectivity index (χ4n) is 9.32. The van der Waals surface area contributed by atoms with Crippen molar-refractivity contribution in [3.8, 4) is 56.7 Å². The van der Waals surface area contributed by atoms with Crippen molar-refractivity contribution in [2.24, 2.45) is 0 Å². The van der Waals surface area contributed by atoms with E-state index in [2.05, 4.69) is 129 Å². The first-order chi connectivity index (χ1) is 31.2. The Morgan fingerprint density at radius 3 is 1.65 bits per heavy atom. The van der Waals surface area contributed by atoms with Crippen molar-refractivity contribution in [3.63, 3.8) is 0 Å². The molecule has 13 aromatic rings. The second-order valence-corrected chi connectivity index (χ2v) is 15.9. The maximum Gasteiger partial charge on any atom is 0.238 e. The zero-order valence-corrected chi connectivity index (χ0v) is 33.7. The molecule has 7 heteroatoms. The van der Waals surface area contributed by atoms with Crippen molar-refractivity contribution >= 4 is 65.7 Å². The number of benzene rings is 8. The summed E-state index contributed by atoms with van der Waals surface area (Å²) in [6.07, 6.45) is 1.87. The predicted octanol–water partition coefficient (Wildman–Crippen LogP) is 14.0. The van der Waals surface area contributed by atoms with Crippen LogP contribution in [0.2, 0.25) is 0 Å². The lowest BCUT2D eigenvalue weighted by molar-refractivity contribution is 0.669. The van der Waals surface area contributed by atoms with Gasteiger partial charge < -0.3 is 8.98 Å². The first-order valence-corrected chi connectivity index (χ1v) is 21.0. The Labute approximate surface area is 360 Å². The van der Waals surface area contributed by atoms with Crippen LogP contribution in [0.4, 0.5) is 0 Å². The summed E-state index contributed by atoms with van der Waals surface area (Å²) in [4.78, 5) is 20.0. The summed E-state index contributed by atoms with van der Waals surface area (Å²) >= 11 is 0. The van der Waals surface area contributed by atoms with Crippen LogP contribution >= 0.6 is 0 Å². The fraction of sp³-hybridized carbons (Fsp3) is 0. The molecule has 0 aliphatic heterocycles. The monoisotopic (exact) mass is 806 g/mol. The summed E-state index contributed by atoms with van der Waals surface area (Å²) in [5.74, 6) is 1.82. The molecule has 5 aromatic heterocycles. The number of rotatable bonds is 6. The molecule has 13 rings (SSSR count). The van der Waals surface area contributed by atoms with Gasteiger partial charge in [0.05, 0.1) is 22.1 Å². The predicted molar refractivity (Wildman–Crippen MR) is 255 cm³/mol. The van der Waals surface area contributed by atoms with Gasteiger partial charge in [-0.15, -0.1) is 0 Å². The fourth-order valence-corrected chi connectivity index (χ4v) is 9.32. The van der Waals surface area contributed by atoms with Gasteiger partial charge in [0.25, 0.3) is 0 Å². The standard InChI is InChI=1S/C56H34N6O/c1-3-13-36(14-4-1)54-58-55(37-15-5-2-6-16-37)60-56(59-54)62-48-21-11-7-17-42(48)44-29-25-39(34-50(44)62)38-26-30-49-46(33-38)43-18-8-10-20-47(43)61(49)40-27-23-35(24-28-40)41-31-32-57-52-45-19-9-12-22-51(45)63-53(41)52/h1-34H. The number of nitrogens with zero attached hydrogens (tertiary/aromatic N) is 6. The third-order valence-electron chi connectivity index (χ3n) is 12.3. The van der Waals surface area contributed by atoms with Gasteiger partial charge in [0, 0.05) is 55.5 Å². The summed E-state index contributed by atoms with van der Waals surface area (Å²) in [5, 5.41) is 5.67. The van der Waals surface area contributed by atoms with Crippen molar-refractivity contribution in [1.82, 2.24) is 29.1 Å². The molecule has 0 fully saturated rings. The van der Waals surface area contributed by atoms with Crippen LogP contribution in [-0.4, -0.2) is 29.1 Å².